The molecule has 0 saturated carbocycles. The Kier molecular flexibility index (Phi) is 3.39. The van der Waals surface area contributed by atoms with Crippen molar-refractivity contribution in [2.75, 3.05) is 6.61 Å². The number of carboxylic acid groups (broad SMARTS) is 1. The summed E-state index contributed by atoms with van der Waals surface area (Å²) in [4.78, 5) is 23.7. The molecule has 0 radical (unpaired) electrons. The molecular weight excluding hydrogens is 322 g/mol. The molecule has 0 aliphatic carbocycles. The highest BCUT2D eigenvalue weighted by Crippen LogP contribution is 2.47. The molecule has 0 saturated heterocycles. The summed E-state index contributed by atoms with van der Waals surface area (Å²) in [6.45, 7) is 4.62. The van der Waals surface area contributed by atoms with Crippen LogP contribution in [0.25, 0.3) is 11.3 Å². The summed E-state index contributed by atoms with van der Waals surface area (Å²) in [5.41, 5.74) is 2.75. The smallest absolute Gasteiger partial charge is 0.341 e. The number of phenolic OH excluding ortho intramolecular Hbond substituents is 1. The summed E-state index contributed by atoms with van der Waals surface area (Å²) in [5, 5.41) is 19.6. The van der Waals surface area contributed by atoms with Crippen molar-refractivity contribution < 1.29 is 19.7 Å². The molecule has 1 unspecified atom stereocenters. The molecule has 6 heteroatoms. The largest absolute Gasteiger partial charge is 0.504 e. The van der Waals surface area contributed by atoms with Gasteiger partial charge in [0.05, 0.1) is 12.3 Å². The molecule has 25 heavy (non-hydrogen) atoms. The average molecular weight is 341 g/mol. The van der Waals surface area contributed by atoms with Crippen molar-refractivity contribution >= 4 is 5.97 Å². The van der Waals surface area contributed by atoms with Gasteiger partial charge in [-0.15, -0.1) is 0 Å². The lowest BCUT2D eigenvalue weighted by atomic mass is 9.84. The quantitative estimate of drug-likeness (QED) is 0.876. The number of fused-ring (bicyclic) bond motifs is 5. The lowest BCUT2D eigenvalue weighted by Crippen LogP contribution is -2.28. The number of hydrogen-bond acceptors (Lipinski definition) is 4. The number of aromatic carboxylic acids is 1. The van der Waals surface area contributed by atoms with Crippen LogP contribution in [0.2, 0.25) is 0 Å². The zero-order chi connectivity index (χ0) is 17.9. The molecule has 1 aromatic carbocycles. The van der Waals surface area contributed by atoms with Gasteiger partial charge in [0.25, 0.3) is 0 Å². The van der Waals surface area contributed by atoms with Crippen LogP contribution >= 0.6 is 0 Å². The standard InChI is InChI=1S/C19H19NO5/c1-9(2)13-5-10-6-16(22)18-11(3-4-25-18)17(10)14-7-15(21)12(19(23)24)8-20(13)14/h6-9,13,22H,3-5H2,1-2H3,(H,23,24). The van der Waals surface area contributed by atoms with Gasteiger partial charge < -0.3 is 19.5 Å². The molecule has 130 valence electrons. The number of aromatic nitrogens is 1. The number of aromatic hydroxyl groups is 1. The highest BCUT2D eigenvalue weighted by molar-refractivity contribution is 5.88. The molecule has 4 rings (SSSR count). The highest BCUT2D eigenvalue weighted by Gasteiger charge is 2.33. The Morgan fingerprint density at radius 3 is 2.80 bits per heavy atom. The summed E-state index contributed by atoms with van der Waals surface area (Å²) >= 11 is 0. The van der Waals surface area contributed by atoms with Gasteiger partial charge >= 0.3 is 5.97 Å². The van der Waals surface area contributed by atoms with Gasteiger partial charge in [0.1, 0.15) is 5.56 Å². The van der Waals surface area contributed by atoms with Crippen molar-refractivity contribution in [2.45, 2.75) is 32.7 Å². The predicted octanol–water partition coefficient (Wildman–Crippen LogP) is 2.61. The van der Waals surface area contributed by atoms with Crippen LogP contribution in [-0.2, 0) is 12.8 Å². The van der Waals surface area contributed by atoms with Gasteiger partial charge in [-0.2, -0.15) is 0 Å². The third-order valence-corrected chi connectivity index (χ3v) is 5.16. The summed E-state index contributed by atoms with van der Waals surface area (Å²) in [7, 11) is 0. The normalized spacial score (nSPS) is 17.6. The zero-order valence-electron chi connectivity index (χ0n) is 14.1. The molecule has 1 aromatic heterocycles. The summed E-state index contributed by atoms with van der Waals surface area (Å²) < 4.78 is 7.46. The van der Waals surface area contributed by atoms with Crippen LogP contribution in [0.5, 0.6) is 11.5 Å². The van der Waals surface area contributed by atoms with Crippen LogP contribution in [0.4, 0.5) is 0 Å². The van der Waals surface area contributed by atoms with Crippen molar-refractivity contribution in [3.8, 4) is 22.8 Å². The second kappa shape index (κ2) is 5.37. The molecule has 0 fully saturated rings. The summed E-state index contributed by atoms with van der Waals surface area (Å²) in [6, 6.07) is 3.14. The summed E-state index contributed by atoms with van der Waals surface area (Å²) in [5.74, 6) is -0.370. The van der Waals surface area contributed by atoms with E-state index in [0.717, 1.165) is 16.7 Å². The van der Waals surface area contributed by atoms with Crippen LogP contribution in [0.15, 0.2) is 23.1 Å². The third kappa shape index (κ3) is 2.24. The van der Waals surface area contributed by atoms with E-state index in [1.54, 1.807) is 6.07 Å². The van der Waals surface area contributed by atoms with Crippen LogP contribution in [0.3, 0.4) is 0 Å². The molecule has 0 amide bonds. The van der Waals surface area contributed by atoms with E-state index in [1.165, 1.54) is 12.3 Å². The van der Waals surface area contributed by atoms with Gasteiger partial charge in [-0.3, -0.25) is 4.79 Å². The van der Waals surface area contributed by atoms with Crippen LogP contribution in [0, 0.1) is 5.92 Å². The number of benzene rings is 1. The van der Waals surface area contributed by atoms with Gasteiger partial charge in [-0.1, -0.05) is 13.8 Å². The number of phenols is 1. The van der Waals surface area contributed by atoms with Crippen molar-refractivity contribution in [1.29, 1.82) is 0 Å². The Morgan fingerprint density at radius 1 is 1.36 bits per heavy atom. The van der Waals surface area contributed by atoms with E-state index in [1.807, 2.05) is 4.57 Å². The minimum absolute atomic E-state index is 0.0148. The molecule has 6 nitrogen and oxygen atoms in total. The molecule has 2 aliphatic heterocycles. The second-order valence-electron chi connectivity index (χ2n) is 7.00. The average Bonchev–Trinajstić information content (AvgIpc) is 3.03. The summed E-state index contributed by atoms with van der Waals surface area (Å²) in [6.07, 6.45) is 2.79. The van der Waals surface area contributed by atoms with E-state index < -0.39 is 11.4 Å². The lowest BCUT2D eigenvalue weighted by molar-refractivity contribution is 0.0694. The van der Waals surface area contributed by atoms with Crippen molar-refractivity contribution in [2.24, 2.45) is 5.92 Å². The number of nitrogens with zero attached hydrogens (tertiary/aromatic N) is 1. The highest BCUT2D eigenvalue weighted by atomic mass is 16.5. The minimum atomic E-state index is -1.21. The SMILES string of the molecule is CC(C)C1Cc2cc(O)c3c(c2-c2cc(=O)c(C(=O)O)cn21)CCO3. The van der Waals surface area contributed by atoms with Gasteiger partial charge in [0.15, 0.2) is 16.9 Å². The zero-order valence-corrected chi connectivity index (χ0v) is 14.1. The first kappa shape index (κ1) is 15.7. The fourth-order valence-electron chi connectivity index (χ4n) is 3.97. The van der Waals surface area contributed by atoms with E-state index >= 15 is 0 Å². The number of hydrogen-bond donors (Lipinski definition) is 2. The molecule has 2 N–H and O–H groups in total. The number of pyridine rings is 1. The minimum Gasteiger partial charge on any atom is -0.504 e. The van der Waals surface area contributed by atoms with Crippen LogP contribution in [-0.4, -0.2) is 27.4 Å². The molecular formula is C19H19NO5. The van der Waals surface area contributed by atoms with E-state index in [0.29, 0.717) is 30.9 Å². The van der Waals surface area contributed by atoms with Crippen LogP contribution < -0.4 is 10.2 Å². The Balaban J connectivity index is 2.06. The molecule has 3 heterocycles. The molecule has 0 spiro atoms. The molecule has 1 atom stereocenters. The fourth-order valence-corrected chi connectivity index (χ4v) is 3.97. The van der Waals surface area contributed by atoms with Gasteiger partial charge in [0.2, 0.25) is 0 Å². The maximum absolute atomic E-state index is 12.3. The Bertz CT molecular complexity index is 957. The van der Waals surface area contributed by atoms with E-state index in [-0.39, 0.29) is 23.3 Å². The van der Waals surface area contributed by atoms with E-state index in [9.17, 15) is 19.8 Å². The fraction of sp³-hybridized carbons (Fsp3) is 0.368. The number of rotatable bonds is 2. The number of ether oxygens (including phenoxy) is 1. The monoisotopic (exact) mass is 341 g/mol. The van der Waals surface area contributed by atoms with E-state index in [4.69, 9.17) is 4.74 Å². The van der Waals surface area contributed by atoms with Gasteiger partial charge in [0, 0.05) is 35.9 Å². The Hall–Kier alpha value is -2.76. The van der Waals surface area contributed by atoms with Crippen LogP contribution in [0.1, 0.15) is 41.4 Å². The molecule has 2 aliphatic rings. The lowest BCUT2D eigenvalue weighted by Gasteiger charge is -2.34. The van der Waals surface area contributed by atoms with Crippen molar-refractivity contribution in [3.05, 3.63) is 45.2 Å². The van der Waals surface area contributed by atoms with Crippen molar-refractivity contribution in [3.63, 3.8) is 0 Å². The van der Waals surface area contributed by atoms with Gasteiger partial charge in [-0.25, -0.2) is 4.79 Å². The van der Waals surface area contributed by atoms with E-state index in [2.05, 4.69) is 13.8 Å². The first-order valence-corrected chi connectivity index (χ1v) is 8.39. The second-order valence-corrected chi connectivity index (χ2v) is 7.00. The molecule has 2 aromatic rings. The van der Waals surface area contributed by atoms with Crippen molar-refractivity contribution in [1.82, 2.24) is 4.57 Å². The topological polar surface area (TPSA) is 88.8 Å². The third-order valence-electron chi connectivity index (χ3n) is 5.16. The first-order chi connectivity index (χ1) is 11.9. The maximum atomic E-state index is 12.3. The Labute approximate surface area is 144 Å². The molecule has 0 bridgehead atoms. The van der Waals surface area contributed by atoms with Gasteiger partial charge in [-0.05, 0) is 24.0 Å². The first-order valence-electron chi connectivity index (χ1n) is 8.39. The predicted molar refractivity (Wildman–Crippen MR) is 91.5 cm³/mol. The Morgan fingerprint density at radius 2 is 2.12 bits per heavy atom. The maximum Gasteiger partial charge on any atom is 0.341 e. The number of carboxylic acids is 1. The number of carbonyl (C=O) groups is 1.